The molecule has 0 bridgehead atoms. The Labute approximate surface area is 123 Å². The molecule has 0 radical (unpaired) electrons. The number of carboxylic acid groups (broad SMARTS) is 1. The molecule has 0 atom stereocenters. The standard InChI is InChI=1S/C17H16O4/c1-11-6-13(10-15(7-11)17(20)21-2)8-12-4-3-5-14(9-12)16(18)19/h3-7,9-10H,8H2,1-2H3,(H,18,19). The van der Waals surface area contributed by atoms with Crippen LogP contribution in [0.2, 0.25) is 0 Å². The van der Waals surface area contributed by atoms with Crippen LogP contribution in [-0.4, -0.2) is 24.2 Å². The van der Waals surface area contributed by atoms with E-state index >= 15 is 0 Å². The lowest BCUT2D eigenvalue weighted by Crippen LogP contribution is -2.03. The Morgan fingerprint density at radius 2 is 1.76 bits per heavy atom. The zero-order valence-corrected chi connectivity index (χ0v) is 11.9. The number of ether oxygens (including phenoxy) is 1. The van der Waals surface area contributed by atoms with Gasteiger partial charge in [0.05, 0.1) is 18.2 Å². The SMILES string of the molecule is COC(=O)c1cc(C)cc(Cc2cccc(C(=O)O)c2)c1. The van der Waals surface area contributed by atoms with Gasteiger partial charge in [-0.15, -0.1) is 0 Å². The van der Waals surface area contributed by atoms with E-state index in [9.17, 15) is 9.59 Å². The molecule has 1 N–H and O–H groups in total. The van der Waals surface area contributed by atoms with Gasteiger partial charge >= 0.3 is 11.9 Å². The van der Waals surface area contributed by atoms with Crippen molar-refractivity contribution >= 4 is 11.9 Å². The van der Waals surface area contributed by atoms with E-state index in [4.69, 9.17) is 9.84 Å². The highest BCUT2D eigenvalue weighted by Crippen LogP contribution is 2.16. The highest BCUT2D eigenvalue weighted by Gasteiger charge is 2.09. The second-order valence-electron chi connectivity index (χ2n) is 4.88. The van der Waals surface area contributed by atoms with Crippen molar-refractivity contribution in [1.29, 1.82) is 0 Å². The van der Waals surface area contributed by atoms with Crippen molar-refractivity contribution < 1.29 is 19.4 Å². The van der Waals surface area contributed by atoms with Crippen LogP contribution < -0.4 is 0 Å². The Balaban J connectivity index is 2.31. The summed E-state index contributed by atoms with van der Waals surface area (Å²) < 4.78 is 4.73. The molecule has 0 saturated carbocycles. The molecule has 0 spiro atoms. The molecule has 4 heteroatoms. The molecule has 0 unspecified atom stereocenters. The van der Waals surface area contributed by atoms with Crippen LogP contribution in [0.5, 0.6) is 0 Å². The highest BCUT2D eigenvalue weighted by molar-refractivity contribution is 5.90. The van der Waals surface area contributed by atoms with Crippen LogP contribution in [0.3, 0.4) is 0 Å². The van der Waals surface area contributed by atoms with Gasteiger partial charge in [0.25, 0.3) is 0 Å². The first-order valence-corrected chi connectivity index (χ1v) is 6.50. The largest absolute Gasteiger partial charge is 0.478 e. The summed E-state index contributed by atoms with van der Waals surface area (Å²) in [5, 5.41) is 9.01. The Morgan fingerprint density at radius 3 is 2.43 bits per heavy atom. The van der Waals surface area contributed by atoms with Gasteiger partial charge in [-0.05, 0) is 54.3 Å². The Kier molecular flexibility index (Phi) is 4.38. The number of rotatable bonds is 4. The summed E-state index contributed by atoms with van der Waals surface area (Å²) in [5.41, 5.74) is 3.55. The number of aromatic carboxylic acids is 1. The maximum absolute atomic E-state index is 11.6. The summed E-state index contributed by atoms with van der Waals surface area (Å²) in [6.07, 6.45) is 0.562. The molecule has 2 rings (SSSR count). The van der Waals surface area contributed by atoms with Gasteiger partial charge in [-0.2, -0.15) is 0 Å². The molecule has 0 aliphatic heterocycles. The molecule has 0 amide bonds. The van der Waals surface area contributed by atoms with E-state index in [0.717, 1.165) is 16.7 Å². The topological polar surface area (TPSA) is 63.6 Å². The molecular weight excluding hydrogens is 268 g/mol. The summed E-state index contributed by atoms with van der Waals surface area (Å²) in [6.45, 7) is 1.91. The first-order chi connectivity index (χ1) is 9.99. The van der Waals surface area contributed by atoms with Crippen LogP contribution in [0, 0.1) is 6.92 Å². The number of hydrogen-bond donors (Lipinski definition) is 1. The third-order valence-electron chi connectivity index (χ3n) is 3.14. The van der Waals surface area contributed by atoms with Crippen LogP contribution in [0.15, 0.2) is 42.5 Å². The molecule has 0 saturated heterocycles. The lowest BCUT2D eigenvalue weighted by Gasteiger charge is -2.07. The van der Waals surface area contributed by atoms with Gasteiger partial charge < -0.3 is 9.84 Å². The molecule has 0 aliphatic rings. The summed E-state index contributed by atoms with van der Waals surface area (Å²) in [7, 11) is 1.35. The first-order valence-electron chi connectivity index (χ1n) is 6.50. The van der Waals surface area contributed by atoms with Gasteiger partial charge in [0.2, 0.25) is 0 Å². The lowest BCUT2D eigenvalue weighted by molar-refractivity contribution is 0.0599. The average Bonchev–Trinajstić information content (AvgIpc) is 2.46. The molecule has 4 nitrogen and oxygen atoms in total. The molecule has 0 aliphatic carbocycles. The number of benzene rings is 2. The maximum atomic E-state index is 11.6. The predicted molar refractivity (Wildman–Crippen MR) is 78.7 cm³/mol. The highest BCUT2D eigenvalue weighted by atomic mass is 16.5. The van der Waals surface area contributed by atoms with E-state index in [1.807, 2.05) is 19.1 Å². The van der Waals surface area contributed by atoms with Crippen molar-refractivity contribution in [2.75, 3.05) is 7.11 Å². The maximum Gasteiger partial charge on any atom is 0.337 e. The summed E-state index contributed by atoms with van der Waals surface area (Å²) in [6, 6.07) is 12.3. The quantitative estimate of drug-likeness (QED) is 0.876. The van der Waals surface area contributed by atoms with Crippen LogP contribution in [0.4, 0.5) is 0 Å². The summed E-state index contributed by atoms with van der Waals surface area (Å²) in [4.78, 5) is 22.6. The summed E-state index contributed by atoms with van der Waals surface area (Å²) >= 11 is 0. The third-order valence-corrected chi connectivity index (χ3v) is 3.14. The average molecular weight is 284 g/mol. The second-order valence-corrected chi connectivity index (χ2v) is 4.88. The van der Waals surface area contributed by atoms with Crippen molar-refractivity contribution in [2.45, 2.75) is 13.3 Å². The zero-order valence-electron chi connectivity index (χ0n) is 11.9. The zero-order chi connectivity index (χ0) is 15.4. The van der Waals surface area contributed by atoms with Crippen molar-refractivity contribution in [1.82, 2.24) is 0 Å². The third kappa shape index (κ3) is 3.69. The van der Waals surface area contributed by atoms with E-state index in [-0.39, 0.29) is 11.5 Å². The minimum absolute atomic E-state index is 0.258. The fourth-order valence-electron chi connectivity index (χ4n) is 2.25. The molecule has 2 aromatic rings. The Hall–Kier alpha value is -2.62. The minimum Gasteiger partial charge on any atom is -0.478 e. The van der Waals surface area contributed by atoms with Gasteiger partial charge in [-0.3, -0.25) is 0 Å². The van der Waals surface area contributed by atoms with E-state index in [1.165, 1.54) is 7.11 Å². The number of carboxylic acids is 1. The lowest BCUT2D eigenvalue weighted by atomic mass is 9.99. The van der Waals surface area contributed by atoms with Gasteiger partial charge in [-0.25, -0.2) is 9.59 Å². The van der Waals surface area contributed by atoms with E-state index in [2.05, 4.69) is 0 Å². The van der Waals surface area contributed by atoms with Gasteiger partial charge in [0.1, 0.15) is 0 Å². The molecular formula is C17H16O4. The number of esters is 1. The minimum atomic E-state index is -0.948. The van der Waals surface area contributed by atoms with Crippen LogP contribution in [-0.2, 0) is 11.2 Å². The first kappa shape index (κ1) is 14.8. The van der Waals surface area contributed by atoms with Gasteiger partial charge in [0, 0.05) is 0 Å². The molecule has 108 valence electrons. The second kappa shape index (κ2) is 6.22. The van der Waals surface area contributed by atoms with Gasteiger partial charge in [-0.1, -0.05) is 18.2 Å². The summed E-state index contributed by atoms with van der Waals surface area (Å²) in [5.74, 6) is -1.32. The van der Waals surface area contributed by atoms with Crippen molar-refractivity contribution in [3.63, 3.8) is 0 Å². The van der Waals surface area contributed by atoms with E-state index < -0.39 is 5.97 Å². The van der Waals surface area contributed by atoms with Crippen LogP contribution >= 0.6 is 0 Å². The predicted octanol–water partition coefficient (Wildman–Crippen LogP) is 3.07. The van der Waals surface area contributed by atoms with Crippen LogP contribution in [0.25, 0.3) is 0 Å². The molecule has 0 aromatic heterocycles. The Morgan fingerprint density at radius 1 is 1.05 bits per heavy atom. The van der Waals surface area contributed by atoms with Crippen LogP contribution in [0.1, 0.15) is 37.4 Å². The number of methoxy groups -OCH3 is 1. The van der Waals surface area contributed by atoms with Gasteiger partial charge in [0.15, 0.2) is 0 Å². The van der Waals surface area contributed by atoms with E-state index in [1.54, 1.807) is 30.3 Å². The van der Waals surface area contributed by atoms with Crippen molar-refractivity contribution in [3.8, 4) is 0 Å². The normalized spacial score (nSPS) is 10.2. The fourth-order valence-corrected chi connectivity index (χ4v) is 2.25. The Bertz CT molecular complexity index is 689. The fraction of sp³-hybridized carbons (Fsp3) is 0.176. The smallest absolute Gasteiger partial charge is 0.337 e. The van der Waals surface area contributed by atoms with E-state index in [0.29, 0.717) is 12.0 Å². The molecule has 0 heterocycles. The number of carbonyl (C=O) groups excluding carboxylic acids is 1. The van der Waals surface area contributed by atoms with Crippen molar-refractivity contribution in [2.24, 2.45) is 0 Å². The molecule has 2 aromatic carbocycles. The number of hydrogen-bond acceptors (Lipinski definition) is 3. The number of aryl methyl sites for hydroxylation is 1. The number of carbonyl (C=O) groups is 2. The monoisotopic (exact) mass is 284 g/mol. The molecule has 21 heavy (non-hydrogen) atoms. The molecule has 0 fully saturated rings. The van der Waals surface area contributed by atoms with Crippen molar-refractivity contribution in [3.05, 3.63) is 70.3 Å².